The lowest BCUT2D eigenvalue weighted by atomic mass is 10.6. The molecular formula is C6H5Cl2N3O2. The molecule has 0 amide bonds. The van der Waals surface area contributed by atoms with Crippen molar-refractivity contribution in [1.29, 1.82) is 0 Å². The van der Waals surface area contributed by atoms with Gasteiger partial charge in [-0.2, -0.15) is 4.68 Å². The summed E-state index contributed by atoms with van der Waals surface area (Å²) < 4.78 is 1.26. The zero-order chi connectivity index (χ0) is 10.0. The van der Waals surface area contributed by atoms with Crippen LogP contribution in [0.25, 0.3) is 0 Å². The van der Waals surface area contributed by atoms with E-state index in [4.69, 9.17) is 23.2 Å². The number of nitrogens with zero attached hydrogens (tertiary/aromatic N) is 3. The Morgan fingerprint density at radius 2 is 2.46 bits per heavy atom. The third-order valence-electron chi connectivity index (χ3n) is 1.21. The SMILES string of the molecule is C=C(Cl)Cn1cc(Cl)c([N+](=O)[O-])n1. The van der Waals surface area contributed by atoms with Crippen molar-refractivity contribution in [1.82, 2.24) is 9.78 Å². The molecule has 0 aliphatic rings. The van der Waals surface area contributed by atoms with Crippen LogP contribution in [-0.4, -0.2) is 14.7 Å². The Kier molecular flexibility index (Phi) is 2.90. The summed E-state index contributed by atoms with van der Waals surface area (Å²) in [6.45, 7) is 3.63. The van der Waals surface area contributed by atoms with E-state index >= 15 is 0 Å². The Labute approximate surface area is 83.7 Å². The molecule has 0 aromatic carbocycles. The smallest absolute Gasteiger partial charge is 0.358 e. The van der Waals surface area contributed by atoms with E-state index in [2.05, 4.69) is 11.7 Å². The van der Waals surface area contributed by atoms with Crippen LogP contribution in [0.3, 0.4) is 0 Å². The largest absolute Gasteiger partial charge is 0.408 e. The van der Waals surface area contributed by atoms with Gasteiger partial charge in [0.05, 0.1) is 17.8 Å². The van der Waals surface area contributed by atoms with Crippen LogP contribution in [0, 0.1) is 10.1 Å². The molecule has 70 valence electrons. The van der Waals surface area contributed by atoms with Crippen LogP contribution in [0.5, 0.6) is 0 Å². The highest BCUT2D eigenvalue weighted by atomic mass is 35.5. The van der Waals surface area contributed by atoms with Crippen molar-refractivity contribution in [3.63, 3.8) is 0 Å². The van der Waals surface area contributed by atoms with Gasteiger partial charge in [-0.05, 0) is 4.92 Å². The molecule has 0 atom stereocenters. The summed E-state index contributed by atoms with van der Waals surface area (Å²) in [7, 11) is 0. The standard InChI is InChI=1S/C6H5Cl2N3O2/c1-4(7)2-10-3-5(8)6(9-10)11(12)13/h3H,1-2H2. The highest BCUT2D eigenvalue weighted by Gasteiger charge is 2.18. The summed E-state index contributed by atoms with van der Waals surface area (Å²) in [4.78, 5) is 9.65. The minimum atomic E-state index is -0.657. The van der Waals surface area contributed by atoms with E-state index in [1.807, 2.05) is 0 Å². The van der Waals surface area contributed by atoms with Crippen LogP contribution in [0.4, 0.5) is 5.82 Å². The first kappa shape index (κ1) is 10.0. The molecule has 0 N–H and O–H groups in total. The molecule has 0 aliphatic carbocycles. The fourth-order valence-electron chi connectivity index (χ4n) is 0.767. The van der Waals surface area contributed by atoms with Gasteiger partial charge in [-0.15, -0.1) is 0 Å². The van der Waals surface area contributed by atoms with Gasteiger partial charge in [-0.1, -0.05) is 29.8 Å². The van der Waals surface area contributed by atoms with E-state index < -0.39 is 4.92 Å². The molecule has 13 heavy (non-hydrogen) atoms. The third kappa shape index (κ3) is 2.43. The van der Waals surface area contributed by atoms with Gasteiger partial charge >= 0.3 is 5.82 Å². The van der Waals surface area contributed by atoms with Gasteiger partial charge in [0.25, 0.3) is 0 Å². The average Bonchev–Trinajstić information content (AvgIpc) is 2.29. The second kappa shape index (κ2) is 3.76. The van der Waals surface area contributed by atoms with Gasteiger partial charge in [-0.3, -0.25) is 0 Å². The minimum absolute atomic E-state index is 0.0112. The number of halogens is 2. The van der Waals surface area contributed by atoms with Crippen LogP contribution >= 0.6 is 23.2 Å². The number of rotatable bonds is 3. The molecule has 7 heteroatoms. The predicted molar refractivity (Wildman–Crippen MR) is 48.9 cm³/mol. The first-order valence-electron chi connectivity index (χ1n) is 3.21. The van der Waals surface area contributed by atoms with Crippen molar-refractivity contribution in [3.8, 4) is 0 Å². The molecular weight excluding hydrogens is 217 g/mol. The van der Waals surface area contributed by atoms with Crippen LogP contribution < -0.4 is 0 Å². The van der Waals surface area contributed by atoms with Crippen LogP contribution in [-0.2, 0) is 6.54 Å². The lowest BCUT2D eigenvalue weighted by molar-refractivity contribution is -0.389. The quantitative estimate of drug-likeness (QED) is 0.581. The minimum Gasteiger partial charge on any atom is -0.358 e. The van der Waals surface area contributed by atoms with Gasteiger partial charge in [0.2, 0.25) is 0 Å². The molecule has 1 aromatic heterocycles. The monoisotopic (exact) mass is 221 g/mol. The Hall–Kier alpha value is -1.07. The summed E-state index contributed by atoms with van der Waals surface area (Å²) in [5.74, 6) is -0.375. The Balaban J connectivity index is 2.95. The number of hydrogen-bond donors (Lipinski definition) is 0. The van der Waals surface area contributed by atoms with Crippen molar-refractivity contribution in [2.45, 2.75) is 6.54 Å². The topological polar surface area (TPSA) is 61.0 Å². The number of allylic oxidation sites excluding steroid dienone is 1. The summed E-state index contributed by atoms with van der Waals surface area (Å²) in [5, 5.41) is 14.2. The van der Waals surface area contributed by atoms with Gasteiger partial charge < -0.3 is 10.1 Å². The van der Waals surface area contributed by atoms with E-state index in [0.717, 1.165) is 0 Å². The molecule has 0 fully saturated rings. The highest BCUT2D eigenvalue weighted by Crippen LogP contribution is 2.21. The van der Waals surface area contributed by atoms with E-state index in [1.165, 1.54) is 10.9 Å². The van der Waals surface area contributed by atoms with Crippen LogP contribution in [0.1, 0.15) is 0 Å². The Morgan fingerprint density at radius 3 is 2.85 bits per heavy atom. The molecule has 0 saturated carbocycles. The summed E-state index contributed by atoms with van der Waals surface area (Å²) >= 11 is 11.0. The van der Waals surface area contributed by atoms with Gasteiger partial charge in [0, 0.05) is 5.03 Å². The lowest BCUT2D eigenvalue weighted by Gasteiger charge is -1.90. The third-order valence-corrected chi connectivity index (χ3v) is 1.59. The van der Waals surface area contributed by atoms with Crippen LogP contribution in [0.2, 0.25) is 5.02 Å². The fraction of sp³-hybridized carbons (Fsp3) is 0.167. The maximum absolute atomic E-state index is 10.3. The summed E-state index contributed by atoms with van der Waals surface area (Å²) in [6.07, 6.45) is 1.33. The molecule has 0 bridgehead atoms. The zero-order valence-electron chi connectivity index (χ0n) is 6.41. The van der Waals surface area contributed by atoms with Crippen molar-refractivity contribution >= 4 is 29.0 Å². The Morgan fingerprint density at radius 1 is 1.85 bits per heavy atom. The fourth-order valence-corrected chi connectivity index (χ4v) is 1.11. The highest BCUT2D eigenvalue weighted by molar-refractivity contribution is 6.32. The van der Waals surface area contributed by atoms with Crippen molar-refractivity contribution in [3.05, 3.63) is 32.9 Å². The number of aromatic nitrogens is 2. The molecule has 1 heterocycles. The van der Waals surface area contributed by atoms with Gasteiger partial charge in [0.1, 0.15) is 0 Å². The Bertz CT molecular complexity index is 361. The first-order valence-corrected chi connectivity index (χ1v) is 3.97. The zero-order valence-corrected chi connectivity index (χ0v) is 7.92. The van der Waals surface area contributed by atoms with Crippen molar-refractivity contribution in [2.75, 3.05) is 0 Å². The van der Waals surface area contributed by atoms with E-state index in [9.17, 15) is 10.1 Å². The van der Waals surface area contributed by atoms with Gasteiger partial charge in [-0.25, -0.2) is 0 Å². The first-order chi connectivity index (χ1) is 6.00. The lowest BCUT2D eigenvalue weighted by Crippen LogP contribution is -1.99. The van der Waals surface area contributed by atoms with Crippen molar-refractivity contribution in [2.24, 2.45) is 0 Å². The molecule has 0 unspecified atom stereocenters. The molecule has 1 rings (SSSR count). The molecule has 0 spiro atoms. The molecule has 0 aliphatic heterocycles. The van der Waals surface area contributed by atoms with Crippen molar-refractivity contribution < 1.29 is 4.92 Å². The second-order valence-corrected chi connectivity index (χ2v) is 3.21. The van der Waals surface area contributed by atoms with E-state index in [-0.39, 0.29) is 17.4 Å². The number of hydrogen-bond acceptors (Lipinski definition) is 3. The molecule has 0 radical (unpaired) electrons. The normalized spacial score (nSPS) is 10.0. The molecule has 5 nitrogen and oxygen atoms in total. The number of nitro groups is 1. The second-order valence-electron chi connectivity index (χ2n) is 2.27. The summed E-state index contributed by atoms with van der Waals surface area (Å²) in [5.41, 5.74) is 0. The van der Waals surface area contributed by atoms with E-state index in [1.54, 1.807) is 0 Å². The maximum Gasteiger partial charge on any atom is 0.408 e. The molecule has 1 aromatic rings. The molecule has 0 saturated heterocycles. The average molecular weight is 222 g/mol. The van der Waals surface area contributed by atoms with Crippen LogP contribution in [0.15, 0.2) is 17.8 Å². The predicted octanol–water partition coefficient (Wildman–Crippen LogP) is 2.20. The maximum atomic E-state index is 10.3. The van der Waals surface area contributed by atoms with Gasteiger partial charge in [0.15, 0.2) is 5.02 Å². The van der Waals surface area contributed by atoms with E-state index in [0.29, 0.717) is 5.03 Å². The summed E-state index contributed by atoms with van der Waals surface area (Å²) in [6, 6.07) is 0.